The SMILES string of the molecule is CC1=[C-]C(C)C(C)=C1C.[CH3-].[CH3-].[Si]=[Zr].c1ccc2cc3cc(-c4c[cH-]c5ccccc45)ccc3cc2c1. The van der Waals surface area contributed by atoms with Gasteiger partial charge >= 0.3 is 30.2 Å². The third-order valence-electron chi connectivity index (χ3n) is 6.93. The van der Waals surface area contributed by atoms with Crippen LogP contribution >= 0.6 is 0 Å². The second kappa shape index (κ2) is 13.2. The minimum Gasteiger partial charge on any atom is -0.150 e. The third kappa shape index (κ3) is 6.10. The van der Waals surface area contributed by atoms with Crippen molar-refractivity contribution in [3.8, 4) is 11.1 Å². The molecule has 1 atom stereocenters. The topological polar surface area (TPSA) is 0 Å². The number of fused-ring (bicyclic) bond motifs is 3. The van der Waals surface area contributed by atoms with Gasteiger partial charge in [-0.15, -0.1) is 53.6 Å². The van der Waals surface area contributed by atoms with Gasteiger partial charge in [0.2, 0.25) is 0 Å². The van der Waals surface area contributed by atoms with Gasteiger partial charge in [0, 0.05) is 0 Å². The summed E-state index contributed by atoms with van der Waals surface area (Å²) in [6, 6.07) is 32.9. The smallest absolute Gasteiger partial charge is 0.0178 e. The molecule has 0 aromatic heterocycles. The van der Waals surface area contributed by atoms with Gasteiger partial charge in [0.05, 0.1) is 0 Å². The van der Waals surface area contributed by atoms with E-state index >= 15 is 0 Å². The predicted molar refractivity (Wildman–Crippen MR) is 159 cm³/mol. The Morgan fingerprint density at radius 2 is 1.33 bits per heavy atom. The van der Waals surface area contributed by atoms with Crippen molar-refractivity contribution in [2.75, 3.05) is 0 Å². The van der Waals surface area contributed by atoms with E-state index in [4.69, 9.17) is 0 Å². The van der Waals surface area contributed by atoms with Crippen LogP contribution in [0.3, 0.4) is 0 Å². The van der Waals surface area contributed by atoms with Crippen molar-refractivity contribution in [1.82, 2.24) is 0 Å². The molecule has 2 radical (unpaired) electrons. The minimum atomic E-state index is 0. The zero-order valence-electron chi connectivity index (χ0n) is 22.2. The predicted octanol–water partition coefficient (Wildman–Crippen LogP) is 9.77. The second-order valence-corrected chi connectivity index (χ2v) is 8.89. The van der Waals surface area contributed by atoms with Crippen molar-refractivity contribution in [2.45, 2.75) is 27.7 Å². The summed E-state index contributed by atoms with van der Waals surface area (Å²) < 4.78 is 0. The maximum absolute atomic E-state index is 3.36. The molecule has 0 spiro atoms. The Morgan fingerprint density at radius 3 is 1.92 bits per heavy atom. The first kappa shape index (κ1) is 29.8. The van der Waals surface area contributed by atoms with Crippen LogP contribution in [0.2, 0.25) is 0 Å². The summed E-state index contributed by atoms with van der Waals surface area (Å²) in [5, 5.41) is 7.82. The van der Waals surface area contributed by atoms with Crippen LogP contribution < -0.4 is 0 Å². The van der Waals surface area contributed by atoms with Crippen LogP contribution in [0, 0.1) is 26.8 Å². The Bertz CT molecular complexity index is 1530. The number of allylic oxidation sites excluding steroid dienone is 4. The van der Waals surface area contributed by atoms with Crippen molar-refractivity contribution in [2.24, 2.45) is 5.92 Å². The van der Waals surface area contributed by atoms with Crippen LogP contribution in [-0.2, 0) is 23.3 Å². The first-order chi connectivity index (χ1) is 16.5. The van der Waals surface area contributed by atoms with Crippen LogP contribution in [0.1, 0.15) is 27.7 Å². The Kier molecular flexibility index (Phi) is 11.0. The fraction of sp³-hybridized carbons (Fsp3) is 0.147. The van der Waals surface area contributed by atoms with Gasteiger partial charge in [-0.2, -0.15) is 11.1 Å². The molecule has 0 saturated heterocycles. The van der Waals surface area contributed by atoms with Gasteiger partial charge in [-0.05, 0) is 33.7 Å². The van der Waals surface area contributed by atoms with E-state index < -0.39 is 0 Å². The molecule has 1 unspecified atom stereocenters. The molecule has 0 aliphatic heterocycles. The maximum atomic E-state index is 3.36. The fourth-order valence-corrected chi connectivity index (χ4v) is 4.67. The Labute approximate surface area is 234 Å². The first-order valence-electron chi connectivity index (χ1n) is 11.6. The Hall–Kier alpha value is -2.41. The molecule has 0 saturated carbocycles. The van der Waals surface area contributed by atoms with E-state index in [1.54, 1.807) is 0 Å². The molecular formula is C34H34SiZr-4. The summed E-state index contributed by atoms with van der Waals surface area (Å²) in [5.74, 6) is 0.560. The minimum absolute atomic E-state index is 0. The van der Waals surface area contributed by atoms with Crippen molar-refractivity contribution >= 4 is 39.2 Å². The summed E-state index contributed by atoms with van der Waals surface area (Å²) in [6.45, 7) is 11.7. The quantitative estimate of drug-likeness (QED) is 0.109. The molecular weight excluding hydrogens is 528 g/mol. The molecule has 36 heavy (non-hydrogen) atoms. The van der Waals surface area contributed by atoms with Crippen LogP contribution in [-0.4, -0.2) is 6.88 Å². The van der Waals surface area contributed by atoms with Crippen molar-refractivity contribution in [3.63, 3.8) is 0 Å². The molecule has 1 aliphatic rings. The number of rotatable bonds is 1. The standard InChI is InChI=1S/C23H15.C9H13.2CH3.Si.Zr/c1-2-7-18-14-21-15-20(10-9-19(21)13-17(18)6-1)23-12-11-16-5-3-4-8-22(16)23;1-6-5-7(2)9(4)8(6)3;;;;/h1-15H;6H,1-4H3;2*1H3;;/q4*-1;;. The van der Waals surface area contributed by atoms with Crippen LogP contribution in [0.5, 0.6) is 0 Å². The molecule has 0 N–H and O–H groups in total. The summed E-state index contributed by atoms with van der Waals surface area (Å²) in [7, 11) is 0. The third-order valence-corrected chi connectivity index (χ3v) is 6.93. The molecule has 5 aromatic rings. The molecule has 182 valence electrons. The first-order valence-corrected chi connectivity index (χ1v) is 15.8. The number of hydrogen-bond acceptors (Lipinski definition) is 0. The van der Waals surface area contributed by atoms with Gasteiger partial charge in [0.1, 0.15) is 0 Å². The van der Waals surface area contributed by atoms with Crippen molar-refractivity contribution < 1.29 is 23.3 Å². The van der Waals surface area contributed by atoms with E-state index in [9.17, 15) is 0 Å². The molecule has 0 nitrogen and oxygen atoms in total. The van der Waals surface area contributed by atoms with Crippen LogP contribution in [0.25, 0.3) is 43.4 Å². The largest absolute Gasteiger partial charge is 0.150 e. The van der Waals surface area contributed by atoms with E-state index in [0.29, 0.717) is 5.92 Å². The van der Waals surface area contributed by atoms with Gasteiger partial charge in [-0.25, -0.2) is 5.57 Å². The molecule has 5 aromatic carbocycles. The van der Waals surface area contributed by atoms with Gasteiger partial charge in [0.15, 0.2) is 0 Å². The van der Waals surface area contributed by atoms with E-state index in [1.807, 2.05) is 0 Å². The second-order valence-electron chi connectivity index (χ2n) is 8.89. The summed E-state index contributed by atoms with van der Waals surface area (Å²) in [5.41, 5.74) is 6.85. The van der Waals surface area contributed by atoms with E-state index in [-0.39, 0.29) is 14.9 Å². The maximum Gasteiger partial charge on any atom is -0.0178 e. The van der Waals surface area contributed by atoms with Gasteiger partial charge < -0.3 is 14.9 Å². The van der Waals surface area contributed by atoms with Crippen molar-refractivity contribution in [1.29, 1.82) is 0 Å². The molecule has 6 rings (SSSR count). The monoisotopic (exact) mass is 560 g/mol. The van der Waals surface area contributed by atoms with E-state index in [0.717, 1.165) is 0 Å². The summed E-state index contributed by atoms with van der Waals surface area (Å²) in [6.07, 6.45) is 3.36. The average molecular weight is 562 g/mol. The fourth-order valence-electron chi connectivity index (χ4n) is 4.67. The normalized spacial score (nSPS) is 14.2. The van der Waals surface area contributed by atoms with E-state index in [1.165, 1.54) is 83.5 Å². The van der Waals surface area contributed by atoms with Gasteiger partial charge in [-0.3, -0.25) is 6.08 Å². The summed E-state index contributed by atoms with van der Waals surface area (Å²) >= 11 is 1.36. The molecule has 0 fully saturated rings. The van der Waals surface area contributed by atoms with Gasteiger partial charge in [-0.1, -0.05) is 80.8 Å². The van der Waals surface area contributed by atoms with E-state index in [2.05, 4.69) is 132 Å². The molecule has 0 amide bonds. The molecule has 0 heterocycles. The Morgan fingerprint density at radius 1 is 0.750 bits per heavy atom. The van der Waals surface area contributed by atoms with Gasteiger partial charge in [0.25, 0.3) is 0 Å². The number of hydrogen-bond donors (Lipinski definition) is 0. The molecule has 2 heteroatoms. The zero-order valence-corrected chi connectivity index (χ0v) is 25.7. The Balaban J connectivity index is 0.000000301. The summed E-state index contributed by atoms with van der Waals surface area (Å²) in [4.78, 5) is 0. The molecule has 0 bridgehead atoms. The van der Waals surface area contributed by atoms with Crippen molar-refractivity contribution in [3.05, 3.63) is 129 Å². The molecule has 1 aliphatic carbocycles. The zero-order chi connectivity index (χ0) is 24.2. The number of benzene rings is 4. The van der Waals surface area contributed by atoms with Crippen LogP contribution in [0.4, 0.5) is 0 Å². The van der Waals surface area contributed by atoms with Crippen LogP contribution in [0.15, 0.2) is 108 Å². The average Bonchev–Trinajstić information content (AvgIpc) is 3.40.